The maximum absolute atomic E-state index is 12.7. The van der Waals surface area contributed by atoms with Gasteiger partial charge in [-0.3, -0.25) is 0 Å². The first-order valence-corrected chi connectivity index (χ1v) is 13.9. The summed E-state index contributed by atoms with van der Waals surface area (Å²) in [5.74, 6) is 0.704. The smallest absolute Gasteiger partial charge is 0.264 e. The van der Waals surface area contributed by atoms with Crippen LogP contribution in [0.2, 0.25) is 0 Å². The van der Waals surface area contributed by atoms with Crippen LogP contribution in [0.15, 0.2) is 77.5 Å². The second-order valence-electron chi connectivity index (χ2n) is 8.57. The van der Waals surface area contributed by atoms with E-state index in [1.54, 1.807) is 35.9 Å². The Morgan fingerprint density at radius 1 is 0.861 bits per heavy atom. The predicted octanol–water partition coefficient (Wildman–Crippen LogP) is 5.57. The highest BCUT2D eigenvalue weighted by molar-refractivity contribution is 7.92. The van der Waals surface area contributed by atoms with E-state index in [1.165, 1.54) is 48.5 Å². The van der Waals surface area contributed by atoms with E-state index in [-0.39, 0.29) is 10.8 Å². The first-order chi connectivity index (χ1) is 17.6. The van der Waals surface area contributed by atoms with Crippen LogP contribution in [0.3, 0.4) is 0 Å². The number of anilines is 3. The fourth-order valence-corrected chi connectivity index (χ4v) is 6.34. The Balaban J connectivity index is 1.29. The molecule has 2 aromatic carbocycles. The van der Waals surface area contributed by atoms with Crippen LogP contribution in [-0.2, 0) is 22.9 Å². The van der Waals surface area contributed by atoms with Crippen molar-refractivity contribution in [1.82, 2.24) is 19.9 Å². The van der Waals surface area contributed by atoms with Gasteiger partial charge in [0.15, 0.2) is 0 Å². The molecule has 0 amide bonds. The SMILES string of the molecule is O=S(=O)(Nc1ncccn1)c1ccc(Nc2ncnc3scc(-c4ccc5c(c4)CCCC5)c23)cc1. The third kappa shape index (κ3) is 4.40. The Labute approximate surface area is 212 Å². The molecule has 6 rings (SSSR count). The van der Waals surface area contributed by atoms with Gasteiger partial charge in [-0.25, -0.2) is 33.1 Å². The molecule has 5 aromatic rings. The standard InChI is InChI=1S/C26H22N6O2S2/c33-36(34,32-26-27-12-3-13-28-26)21-10-8-20(9-11-21)31-24-23-22(15-35-25(23)30-16-29-24)19-7-6-17-4-1-2-5-18(17)14-19/h3,6-16H,1-2,4-5H2,(H,27,28,32)(H,29,30,31). The number of aromatic nitrogens is 4. The van der Waals surface area contributed by atoms with E-state index in [0.717, 1.165) is 34.2 Å². The van der Waals surface area contributed by atoms with E-state index >= 15 is 0 Å². The van der Waals surface area contributed by atoms with Crippen molar-refractivity contribution < 1.29 is 8.42 Å². The molecule has 10 heteroatoms. The Morgan fingerprint density at radius 3 is 2.44 bits per heavy atom. The molecule has 0 unspecified atom stereocenters. The van der Waals surface area contributed by atoms with Gasteiger partial charge in [-0.1, -0.05) is 18.2 Å². The summed E-state index contributed by atoms with van der Waals surface area (Å²) < 4.78 is 27.8. The summed E-state index contributed by atoms with van der Waals surface area (Å²) >= 11 is 1.59. The molecule has 0 saturated heterocycles. The highest BCUT2D eigenvalue weighted by Gasteiger charge is 2.18. The number of benzene rings is 2. The molecule has 1 aliphatic carbocycles. The maximum atomic E-state index is 12.7. The van der Waals surface area contributed by atoms with Gasteiger partial charge in [-0.05, 0) is 72.7 Å². The second-order valence-corrected chi connectivity index (χ2v) is 11.1. The molecule has 180 valence electrons. The lowest BCUT2D eigenvalue weighted by Crippen LogP contribution is -2.14. The van der Waals surface area contributed by atoms with Crippen LogP contribution >= 0.6 is 11.3 Å². The molecule has 0 spiro atoms. The van der Waals surface area contributed by atoms with E-state index in [0.29, 0.717) is 11.5 Å². The average Bonchev–Trinajstić information content (AvgIpc) is 3.34. The van der Waals surface area contributed by atoms with Gasteiger partial charge in [0.2, 0.25) is 5.95 Å². The van der Waals surface area contributed by atoms with Crippen molar-refractivity contribution in [3.05, 3.63) is 83.8 Å². The topological polar surface area (TPSA) is 110 Å². The van der Waals surface area contributed by atoms with Crippen molar-refractivity contribution in [3.63, 3.8) is 0 Å². The minimum Gasteiger partial charge on any atom is -0.340 e. The molecular weight excluding hydrogens is 492 g/mol. The molecular formula is C26H22N6O2S2. The van der Waals surface area contributed by atoms with Gasteiger partial charge in [-0.2, -0.15) is 0 Å². The number of sulfonamides is 1. The highest BCUT2D eigenvalue weighted by atomic mass is 32.2. The van der Waals surface area contributed by atoms with Crippen LogP contribution in [0.25, 0.3) is 21.3 Å². The molecule has 36 heavy (non-hydrogen) atoms. The van der Waals surface area contributed by atoms with E-state index in [2.05, 4.69) is 53.6 Å². The molecule has 8 nitrogen and oxygen atoms in total. The van der Waals surface area contributed by atoms with E-state index < -0.39 is 10.0 Å². The van der Waals surface area contributed by atoms with Gasteiger partial charge >= 0.3 is 0 Å². The molecule has 0 radical (unpaired) electrons. The lowest BCUT2D eigenvalue weighted by atomic mass is 9.89. The van der Waals surface area contributed by atoms with Crippen LogP contribution in [0.4, 0.5) is 17.5 Å². The van der Waals surface area contributed by atoms with E-state index in [1.807, 2.05) is 0 Å². The zero-order valence-electron chi connectivity index (χ0n) is 19.2. The Bertz CT molecular complexity index is 1650. The van der Waals surface area contributed by atoms with Crippen molar-refractivity contribution in [2.75, 3.05) is 10.0 Å². The van der Waals surface area contributed by atoms with Crippen LogP contribution < -0.4 is 10.0 Å². The summed E-state index contributed by atoms with van der Waals surface area (Å²) in [6.07, 6.45) is 9.25. The van der Waals surface area contributed by atoms with Crippen LogP contribution in [0.5, 0.6) is 0 Å². The van der Waals surface area contributed by atoms with Gasteiger partial charge in [0.05, 0.1) is 10.3 Å². The van der Waals surface area contributed by atoms with Crippen molar-refractivity contribution in [1.29, 1.82) is 0 Å². The van der Waals surface area contributed by atoms with Gasteiger partial charge < -0.3 is 5.32 Å². The van der Waals surface area contributed by atoms with Crippen LogP contribution in [0.1, 0.15) is 24.0 Å². The number of nitrogens with zero attached hydrogens (tertiary/aromatic N) is 4. The lowest BCUT2D eigenvalue weighted by Gasteiger charge is -2.16. The number of fused-ring (bicyclic) bond motifs is 2. The predicted molar refractivity (Wildman–Crippen MR) is 142 cm³/mol. The van der Waals surface area contributed by atoms with Gasteiger partial charge in [-0.15, -0.1) is 11.3 Å². The molecule has 2 N–H and O–H groups in total. The average molecular weight is 515 g/mol. The second kappa shape index (κ2) is 9.29. The van der Waals surface area contributed by atoms with Gasteiger partial charge in [0.25, 0.3) is 10.0 Å². The molecule has 0 bridgehead atoms. The number of aryl methyl sites for hydroxylation is 2. The molecule has 0 atom stereocenters. The van der Waals surface area contributed by atoms with Crippen molar-refractivity contribution >= 4 is 49.0 Å². The monoisotopic (exact) mass is 514 g/mol. The molecule has 0 saturated carbocycles. The Kier molecular flexibility index (Phi) is 5.82. The Morgan fingerprint density at radius 2 is 1.64 bits per heavy atom. The van der Waals surface area contributed by atoms with Crippen LogP contribution in [-0.4, -0.2) is 28.4 Å². The molecule has 0 fully saturated rings. The third-order valence-electron chi connectivity index (χ3n) is 6.25. The normalized spacial score (nSPS) is 13.3. The number of hydrogen-bond donors (Lipinski definition) is 2. The first kappa shape index (κ1) is 22.6. The fourth-order valence-electron chi connectivity index (χ4n) is 4.47. The lowest BCUT2D eigenvalue weighted by molar-refractivity contribution is 0.601. The van der Waals surface area contributed by atoms with Crippen molar-refractivity contribution in [2.24, 2.45) is 0 Å². The minimum absolute atomic E-state index is 0.0234. The van der Waals surface area contributed by atoms with Gasteiger partial charge in [0, 0.05) is 29.0 Å². The Hall–Kier alpha value is -3.89. The van der Waals surface area contributed by atoms with Gasteiger partial charge in [0.1, 0.15) is 17.0 Å². The first-order valence-electron chi connectivity index (χ1n) is 11.6. The van der Waals surface area contributed by atoms with E-state index in [4.69, 9.17) is 0 Å². The fraction of sp³-hybridized carbons (Fsp3) is 0.154. The molecule has 0 aliphatic heterocycles. The number of thiophene rings is 1. The number of nitrogens with one attached hydrogen (secondary N) is 2. The largest absolute Gasteiger partial charge is 0.340 e. The highest BCUT2D eigenvalue weighted by Crippen LogP contribution is 2.38. The summed E-state index contributed by atoms with van der Waals surface area (Å²) in [4.78, 5) is 17.8. The van der Waals surface area contributed by atoms with Crippen LogP contribution in [0, 0.1) is 0 Å². The summed E-state index contributed by atoms with van der Waals surface area (Å²) in [6.45, 7) is 0. The number of rotatable bonds is 6. The van der Waals surface area contributed by atoms with E-state index in [9.17, 15) is 8.42 Å². The third-order valence-corrected chi connectivity index (χ3v) is 8.48. The van der Waals surface area contributed by atoms with Crippen molar-refractivity contribution in [2.45, 2.75) is 30.6 Å². The molecule has 3 aromatic heterocycles. The molecule has 1 aliphatic rings. The van der Waals surface area contributed by atoms with Crippen molar-refractivity contribution in [3.8, 4) is 11.1 Å². The summed E-state index contributed by atoms with van der Waals surface area (Å²) in [5, 5.41) is 6.43. The molecule has 3 heterocycles. The number of hydrogen-bond acceptors (Lipinski definition) is 8. The summed E-state index contributed by atoms with van der Waals surface area (Å²) in [6, 6.07) is 14.8. The maximum Gasteiger partial charge on any atom is 0.264 e. The summed E-state index contributed by atoms with van der Waals surface area (Å²) in [5.41, 5.74) is 5.85. The summed E-state index contributed by atoms with van der Waals surface area (Å²) in [7, 11) is -3.81. The zero-order chi connectivity index (χ0) is 24.5. The minimum atomic E-state index is -3.81. The quantitative estimate of drug-likeness (QED) is 0.305. The zero-order valence-corrected chi connectivity index (χ0v) is 20.8.